The molecule has 0 N–H and O–H groups in total. The third-order valence-electron chi connectivity index (χ3n) is 5.80. The van der Waals surface area contributed by atoms with Crippen LogP contribution in [0.2, 0.25) is 0 Å². The smallest absolute Gasteiger partial charge is 0.122 e. The lowest BCUT2D eigenvalue weighted by Gasteiger charge is -2.30. The topological polar surface area (TPSA) is 21.7 Å². The largest absolute Gasteiger partial charge is 0.496 e. The second-order valence-corrected chi connectivity index (χ2v) is 8.65. The summed E-state index contributed by atoms with van der Waals surface area (Å²) in [6, 6.07) is 13.4. The number of hydrogen-bond donors (Lipinski definition) is 0. The van der Waals surface area contributed by atoms with E-state index in [2.05, 4.69) is 48.3 Å². The van der Waals surface area contributed by atoms with Crippen LogP contribution in [0.1, 0.15) is 41.0 Å². The molecule has 0 bridgehead atoms. The van der Waals surface area contributed by atoms with Crippen LogP contribution in [0.15, 0.2) is 41.3 Å². The van der Waals surface area contributed by atoms with Crippen molar-refractivity contribution >= 4 is 11.8 Å². The Bertz CT molecular complexity index is 792. The number of likely N-dealkylation sites (N-methyl/N-ethyl adjacent to an activating group) is 1. The van der Waals surface area contributed by atoms with Gasteiger partial charge in [-0.25, -0.2) is 0 Å². The Labute approximate surface area is 167 Å². The first-order chi connectivity index (χ1) is 13.2. The van der Waals surface area contributed by atoms with Gasteiger partial charge in [0.25, 0.3) is 0 Å². The van der Waals surface area contributed by atoms with Crippen LogP contribution >= 0.6 is 11.8 Å². The normalized spacial score (nSPS) is 18.9. The Morgan fingerprint density at radius 2 is 2.19 bits per heavy atom. The molecule has 0 saturated carbocycles. The summed E-state index contributed by atoms with van der Waals surface area (Å²) in [5, 5.41) is 0. The fourth-order valence-electron chi connectivity index (χ4n) is 4.38. The number of methoxy groups -OCH3 is 1. The molecule has 0 amide bonds. The average Bonchev–Trinajstić information content (AvgIpc) is 2.72. The number of rotatable bonds is 6. The first-order valence-electron chi connectivity index (χ1n) is 9.91. The van der Waals surface area contributed by atoms with Gasteiger partial charge in [0.1, 0.15) is 5.75 Å². The quantitative estimate of drug-likeness (QED) is 0.709. The van der Waals surface area contributed by atoms with Crippen molar-refractivity contribution in [1.82, 2.24) is 4.90 Å². The van der Waals surface area contributed by atoms with Gasteiger partial charge in [0.05, 0.1) is 19.7 Å². The lowest BCUT2D eigenvalue weighted by Crippen LogP contribution is -2.28. The Morgan fingerprint density at radius 3 is 3.07 bits per heavy atom. The molecule has 0 saturated heterocycles. The monoisotopic (exact) mass is 383 g/mol. The van der Waals surface area contributed by atoms with Crippen molar-refractivity contribution in [3.05, 3.63) is 58.7 Å². The molecule has 0 radical (unpaired) electrons. The third-order valence-corrected chi connectivity index (χ3v) is 6.80. The summed E-state index contributed by atoms with van der Waals surface area (Å²) in [5.74, 6) is 2.46. The van der Waals surface area contributed by atoms with Crippen LogP contribution in [0.3, 0.4) is 0 Å². The van der Waals surface area contributed by atoms with E-state index in [0.717, 1.165) is 44.2 Å². The zero-order chi connectivity index (χ0) is 18.6. The Kier molecular flexibility index (Phi) is 6.06. The van der Waals surface area contributed by atoms with Gasteiger partial charge in [0.2, 0.25) is 0 Å². The first kappa shape index (κ1) is 18.9. The second-order valence-electron chi connectivity index (χ2n) is 7.68. The molecule has 1 aliphatic carbocycles. The van der Waals surface area contributed by atoms with E-state index in [1.807, 2.05) is 0 Å². The first-order valence-corrected chi connectivity index (χ1v) is 10.9. The highest BCUT2D eigenvalue weighted by Crippen LogP contribution is 2.37. The number of ether oxygens (including phenoxy) is 2. The number of benzene rings is 2. The van der Waals surface area contributed by atoms with Crippen molar-refractivity contribution in [3.63, 3.8) is 0 Å². The van der Waals surface area contributed by atoms with Gasteiger partial charge in [-0.1, -0.05) is 36.0 Å². The van der Waals surface area contributed by atoms with Crippen molar-refractivity contribution in [2.45, 2.75) is 43.1 Å². The van der Waals surface area contributed by atoms with E-state index >= 15 is 0 Å². The lowest BCUT2D eigenvalue weighted by molar-refractivity contribution is 0.162. The minimum absolute atomic E-state index is 0.613. The molecule has 4 rings (SSSR count). The highest BCUT2D eigenvalue weighted by atomic mass is 32.2. The van der Waals surface area contributed by atoms with E-state index in [1.165, 1.54) is 40.0 Å². The summed E-state index contributed by atoms with van der Waals surface area (Å²) in [4.78, 5) is 3.87. The van der Waals surface area contributed by atoms with E-state index in [4.69, 9.17) is 9.47 Å². The van der Waals surface area contributed by atoms with Gasteiger partial charge < -0.3 is 14.4 Å². The number of fused-ring (bicyclic) bond motifs is 2. The van der Waals surface area contributed by atoms with E-state index in [9.17, 15) is 0 Å². The SMILES string of the molecule is COc1cccc2c1CCCC2CN(C)CCc1ccc2c(c1)COCS2. The Morgan fingerprint density at radius 1 is 1.26 bits per heavy atom. The van der Waals surface area contributed by atoms with Crippen molar-refractivity contribution < 1.29 is 9.47 Å². The van der Waals surface area contributed by atoms with Crippen LogP contribution in [-0.2, 0) is 24.2 Å². The Balaban J connectivity index is 1.37. The molecule has 2 aliphatic rings. The fraction of sp³-hybridized carbons (Fsp3) is 0.478. The zero-order valence-corrected chi connectivity index (χ0v) is 17.2. The molecule has 0 fully saturated rings. The van der Waals surface area contributed by atoms with E-state index in [0.29, 0.717) is 5.92 Å². The second kappa shape index (κ2) is 8.68. The minimum Gasteiger partial charge on any atom is -0.496 e. The molecular formula is C23H29NO2S. The van der Waals surface area contributed by atoms with Crippen LogP contribution in [0.4, 0.5) is 0 Å². The van der Waals surface area contributed by atoms with Crippen LogP contribution in [0, 0.1) is 0 Å². The van der Waals surface area contributed by atoms with Gasteiger partial charge in [0, 0.05) is 18.0 Å². The molecule has 1 atom stereocenters. The third kappa shape index (κ3) is 4.34. The van der Waals surface area contributed by atoms with Crippen molar-refractivity contribution in [2.75, 3.05) is 33.2 Å². The summed E-state index contributed by atoms with van der Waals surface area (Å²) in [6.45, 7) is 2.96. The molecule has 1 heterocycles. The van der Waals surface area contributed by atoms with Crippen molar-refractivity contribution in [3.8, 4) is 5.75 Å². The van der Waals surface area contributed by atoms with Crippen molar-refractivity contribution in [2.24, 2.45) is 0 Å². The maximum atomic E-state index is 5.59. The number of nitrogens with zero attached hydrogens (tertiary/aromatic N) is 1. The minimum atomic E-state index is 0.613. The van der Waals surface area contributed by atoms with E-state index < -0.39 is 0 Å². The lowest BCUT2D eigenvalue weighted by atomic mass is 9.82. The molecule has 27 heavy (non-hydrogen) atoms. The van der Waals surface area contributed by atoms with Crippen LogP contribution in [-0.4, -0.2) is 38.1 Å². The van der Waals surface area contributed by atoms with Crippen LogP contribution in [0.25, 0.3) is 0 Å². The van der Waals surface area contributed by atoms with Crippen LogP contribution < -0.4 is 4.74 Å². The molecule has 2 aromatic rings. The standard InChI is InChI=1S/C23H29NO2S/c1-24(12-11-17-9-10-23-19(13-17)15-26-16-27-23)14-18-5-3-7-21-20(18)6-4-8-22(21)25-2/h4,6,8-10,13,18H,3,5,7,11-12,14-16H2,1-2H3. The number of thioether (sulfide) groups is 1. The summed E-state index contributed by atoms with van der Waals surface area (Å²) < 4.78 is 11.2. The van der Waals surface area contributed by atoms with E-state index in [1.54, 1.807) is 18.9 Å². The van der Waals surface area contributed by atoms with Gasteiger partial charge in [-0.3, -0.25) is 0 Å². The van der Waals surface area contributed by atoms with E-state index in [-0.39, 0.29) is 0 Å². The van der Waals surface area contributed by atoms with Crippen molar-refractivity contribution in [1.29, 1.82) is 0 Å². The molecule has 1 unspecified atom stereocenters. The summed E-state index contributed by atoms with van der Waals surface area (Å²) in [7, 11) is 4.04. The summed E-state index contributed by atoms with van der Waals surface area (Å²) >= 11 is 1.80. The van der Waals surface area contributed by atoms with Crippen LogP contribution in [0.5, 0.6) is 5.75 Å². The summed E-state index contributed by atoms with van der Waals surface area (Å²) in [6.07, 6.45) is 4.77. The highest BCUT2D eigenvalue weighted by Gasteiger charge is 2.23. The van der Waals surface area contributed by atoms with Gasteiger partial charge in [-0.15, -0.1) is 0 Å². The van der Waals surface area contributed by atoms with Gasteiger partial charge >= 0.3 is 0 Å². The maximum Gasteiger partial charge on any atom is 0.122 e. The average molecular weight is 384 g/mol. The maximum absolute atomic E-state index is 5.59. The molecule has 144 valence electrons. The highest BCUT2D eigenvalue weighted by molar-refractivity contribution is 7.99. The van der Waals surface area contributed by atoms with Gasteiger partial charge in [0.15, 0.2) is 0 Å². The molecule has 3 nitrogen and oxygen atoms in total. The fourth-order valence-corrected chi connectivity index (χ4v) is 5.14. The van der Waals surface area contributed by atoms with Gasteiger partial charge in [-0.05, 0) is 73.0 Å². The molecule has 2 aromatic carbocycles. The molecule has 0 aromatic heterocycles. The Hall–Kier alpha value is -1.49. The molecule has 4 heteroatoms. The summed E-state index contributed by atoms with van der Waals surface area (Å²) in [5.41, 5.74) is 5.68. The predicted molar refractivity (Wildman–Crippen MR) is 112 cm³/mol. The molecule has 1 aliphatic heterocycles. The zero-order valence-electron chi connectivity index (χ0n) is 16.4. The number of hydrogen-bond acceptors (Lipinski definition) is 4. The molecule has 0 spiro atoms. The predicted octanol–water partition coefficient (Wildman–Crippen LogP) is 4.87. The van der Waals surface area contributed by atoms with Gasteiger partial charge in [-0.2, -0.15) is 0 Å². The molecular weight excluding hydrogens is 354 g/mol.